The Kier molecular flexibility index (Phi) is 7.83. The number of hydrogen-bond donors (Lipinski definition) is 1. The van der Waals surface area contributed by atoms with Crippen LogP contribution in [0, 0.1) is 5.41 Å². The van der Waals surface area contributed by atoms with Gasteiger partial charge in [0.05, 0.1) is 19.3 Å². The average Bonchev–Trinajstić information content (AvgIpc) is 2.67. The molecule has 2 saturated heterocycles. The number of rotatable bonds is 8. The average molecular weight is 391 g/mol. The number of morpholine rings is 1. The number of pyridine rings is 1. The Morgan fingerprint density at radius 3 is 2.61 bits per heavy atom. The van der Waals surface area contributed by atoms with Crippen LogP contribution in [-0.2, 0) is 11.2 Å². The fourth-order valence-corrected chi connectivity index (χ4v) is 4.67. The van der Waals surface area contributed by atoms with Crippen LogP contribution in [0.25, 0.3) is 0 Å². The molecule has 0 amide bonds. The van der Waals surface area contributed by atoms with Gasteiger partial charge in [0, 0.05) is 63.6 Å². The van der Waals surface area contributed by atoms with E-state index in [1.807, 2.05) is 18.3 Å². The topological polar surface area (TPSA) is 52.1 Å². The van der Waals surface area contributed by atoms with Crippen molar-refractivity contribution in [1.29, 1.82) is 0 Å². The zero-order chi connectivity index (χ0) is 20.0. The number of β-amino-alcohol motifs (C(OH)–C–C–N with tert-alkyl or cyclic N) is 1. The summed E-state index contributed by atoms with van der Waals surface area (Å²) in [7, 11) is 2.13. The van der Waals surface area contributed by atoms with Gasteiger partial charge in [-0.25, -0.2) is 0 Å². The number of hydrogen-bond acceptors (Lipinski definition) is 6. The Labute approximate surface area is 170 Å². The van der Waals surface area contributed by atoms with Gasteiger partial charge in [0.25, 0.3) is 0 Å². The SMILES string of the molecule is CN(CCc1ccccn1)[C@@H]1CCN(CC(C)(C)CN2CCOCC2)C[C@H]1O. The van der Waals surface area contributed by atoms with E-state index in [1.165, 1.54) is 0 Å². The summed E-state index contributed by atoms with van der Waals surface area (Å²) in [6, 6.07) is 6.30. The quantitative estimate of drug-likeness (QED) is 0.723. The minimum absolute atomic E-state index is 0.217. The zero-order valence-electron chi connectivity index (χ0n) is 17.9. The summed E-state index contributed by atoms with van der Waals surface area (Å²) >= 11 is 0. The normalized spacial score (nSPS) is 25.3. The molecule has 2 fully saturated rings. The predicted molar refractivity (Wildman–Crippen MR) is 112 cm³/mol. The van der Waals surface area contributed by atoms with Gasteiger partial charge in [-0.1, -0.05) is 19.9 Å². The number of aromatic nitrogens is 1. The van der Waals surface area contributed by atoms with Crippen LogP contribution in [0.1, 0.15) is 26.0 Å². The molecule has 28 heavy (non-hydrogen) atoms. The molecule has 0 aliphatic carbocycles. The summed E-state index contributed by atoms with van der Waals surface area (Å²) in [5.74, 6) is 0. The second-order valence-corrected chi connectivity index (χ2v) is 9.26. The van der Waals surface area contributed by atoms with Gasteiger partial charge >= 0.3 is 0 Å². The Balaban J connectivity index is 1.43. The standard InChI is InChI=1S/C22H38N4O2/c1-22(2,17-25-12-14-28-15-13-25)18-26-11-8-20(21(27)16-26)24(3)10-7-19-6-4-5-9-23-19/h4-6,9,20-21,27H,7-8,10-18H2,1-3H3/t20-,21-/m1/s1. The number of aliphatic hydroxyl groups is 1. The van der Waals surface area contributed by atoms with Crippen molar-refractivity contribution in [2.24, 2.45) is 5.41 Å². The van der Waals surface area contributed by atoms with E-state index < -0.39 is 0 Å². The van der Waals surface area contributed by atoms with Gasteiger partial charge in [0.1, 0.15) is 0 Å². The first kappa shape index (κ1) is 21.7. The molecule has 0 saturated carbocycles. The van der Waals surface area contributed by atoms with Crippen LogP contribution in [-0.4, -0.2) is 103 Å². The summed E-state index contributed by atoms with van der Waals surface area (Å²) in [6.07, 6.45) is 3.51. The van der Waals surface area contributed by atoms with E-state index in [2.05, 4.69) is 46.6 Å². The third kappa shape index (κ3) is 6.49. The van der Waals surface area contributed by atoms with Crippen molar-refractivity contribution in [2.75, 3.05) is 66.1 Å². The molecular formula is C22H38N4O2. The molecule has 6 heteroatoms. The smallest absolute Gasteiger partial charge is 0.0822 e. The van der Waals surface area contributed by atoms with E-state index in [-0.39, 0.29) is 17.6 Å². The van der Waals surface area contributed by atoms with Gasteiger partial charge in [-0.2, -0.15) is 0 Å². The lowest BCUT2D eigenvalue weighted by atomic mass is 9.90. The van der Waals surface area contributed by atoms with Gasteiger partial charge in [0.15, 0.2) is 0 Å². The lowest BCUT2D eigenvalue weighted by Crippen LogP contribution is -2.55. The van der Waals surface area contributed by atoms with Crippen molar-refractivity contribution in [1.82, 2.24) is 19.7 Å². The first-order valence-corrected chi connectivity index (χ1v) is 10.7. The molecule has 1 N–H and O–H groups in total. The first-order valence-electron chi connectivity index (χ1n) is 10.7. The minimum atomic E-state index is -0.290. The van der Waals surface area contributed by atoms with E-state index >= 15 is 0 Å². The molecule has 0 spiro atoms. The van der Waals surface area contributed by atoms with Crippen LogP contribution in [0.15, 0.2) is 24.4 Å². The van der Waals surface area contributed by atoms with Gasteiger partial charge in [0.2, 0.25) is 0 Å². The molecule has 2 atom stereocenters. The molecule has 0 radical (unpaired) electrons. The van der Waals surface area contributed by atoms with Crippen LogP contribution in [0.3, 0.4) is 0 Å². The monoisotopic (exact) mass is 390 g/mol. The van der Waals surface area contributed by atoms with E-state index in [9.17, 15) is 5.11 Å². The number of aliphatic hydroxyl groups excluding tert-OH is 1. The molecule has 158 valence electrons. The largest absolute Gasteiger partial charge is 0.390 e. The molecule has 3 heterocycles. The van der Waals surface area contributed by atoms with Crippen molar-refractivity contribution < 1.29 is 9.84 Å². The number of likely N-dealkylation sites (N-methyl/N-ethyl adjacent to an activating group) is 1. The highest BCUT2D eigenvalue weighted by Crippen LogP contribution is 2.24. The van der Waals surface area contributed by atoms with E-state index in [0.29, 0.717) is 0 Å². The highest BCUT2D eigenvalue weighted by atomic mass is 16.5. The Bertz CT molecular complexity index is 577. The number of nitrogens with zero attached hydrogens (tertiary/aromatic N) is 4. The lowest BCUT2D eigenvalue weighted by molar-refractivity contribution is -0.0231. The van der Waals surface area contributed by atoms with Crippen LogP contribution in [0.5, 0.6) is 0 Å². The predicted octanol–water partition coefficient (Wildman–Crippen LogP) is 1.35. The van der Waals surface area contributed by atoms with E-state index in [0.717, 1.165) is 77.6 Å². The van der Waals surface area contributed by atoms with Crippen molar-refractivity contribution in [3.05, 3.63) is 30.1 Å². The number of ether oxygens (including phenoxy) is 1. The second kappa shape index (κ2) is 10.1. The molecule has 1 aromatic heterocycles. The van der Waals surface area contributed by atoms with Gasteiger partial charge < -0.3 is 19.6 Å². The van der Waals surface area contributed by atoms with Crippen molar-refractivity contribution in [3.8, 4) is 0 Å². The van der Waals surface area contributed by atoms with Gasteiger partial charge in [-0.05, 0) is 37.6 Å². The van der Waals surface area contributed by atoms with Crippen molar-refractivity contribution >= 4 is 0 Å². The van der Waals surface area contributed by atoms with Gasteiger partial charge in [-0.15, -0.1) is 0 Å². The van der Waals surface area contributed by atoms with E-state index in [1.54, 1.807) is 0 Å². The number of likely N-dealkylation sites (tertiary alicyclic amines) is 1. The zero-order valence-corrected chi connectivity index (χ0v) is 17.9. The molecule has 3 rings (SSSR count). The maximum absolute atomic E-state index is 10.8. The highest BCUT2D eigenvalue weighted by Gasteiger charge is 2.33. The summed E-state index contributed by atoms with van der Waals surface area (Å²) in [5.41, 5.74) is 1.33. The number of piperidine rings is 1. The lowest BCUT2D eigenvalue weighted by Gasteiger charge is -2.44. The molecule has 6 nitrogen and oxygen atoms in total. The maximum atomic E-state index is 10.8. The Morgan fingerprint density at radius 1 is 1.18 bits per heavy atom. The third-order valence-corrected chi connectivity index (χ3v) is 6.05. The third-order valence-electron chi connectivity index (χ3n) is 6.05. The molecular weight excluding hydrogens is 352 g/mol. The van der Waals surface area contributed by atoms with Crippen LogP contribution < -0.4 is 0 Å². The Morgan fingerprint density at radius 2 is 1.93 bits per heavy atom. The molecule has 0 unspecified atom stereocenters. The van der Waals surface area contributed by atoms with Crippen LogP contribution in [0.4, 0.5) is 0 Å². The summed E-state index contributed by atoms with van der Waals surface area (Å²) in [5, 5.41) is 10.8. The van der Waals surface area contributed by atoms with Crippen LogP contribution in [0.2, 0.25) is 0 Å². The molecule has 2 aliphatic heterocycles. The first-order chi connectivity index (χ1) is 13.4. The van der Waals surface area contributed by atoms with Crippen molar-refractivity contribution in [2.45, 2.75) is 38.8 Å². The van der Waals surface area contributed by atoms with Crippen molar-refractivity contribution in [3.63, 3.8) is 0 Å². The maximum Gasteiger partial charge on any atom is 0.0822 e. The second-order valence-electron chi connectivity index (χ2n) is 9.26. The fraction of sp³-hybridized carbons (Fsp3) is 0.773. The summed E-state index contributed by atoms with van der Waals surface area (Å²) in [4.78, 5) is 11.7. The van der Waals surface area contributed by atoms with Gasteiger partial charge in [-0.3, -0.25) is 9.88 Å². The molecule has 0 aromatic carbocycles. The van der Waals surface area contributed by atoms with Crippen LogP contribution >= 0.6 is 0 Å². The highest BCUT2D eigenvalue weighted by molar-refractivity contribution is 5.04. The summed E-state index contributed by atoms with van der Waals surface area (Å²) in [6.45, 7) is 13.4. The van der Waals surface area contributed by atoms with E-state index in [4.69, 9.17) is 4.74 Å². The molecule has 0 bridgehead atoms. The molecule has 1 aromatic rings. The fourth-order valence-electron chi connectivity index (χ4n) is 4.67. The minimum Gasteiger partial charge on any atom is -0.390 e. The summed E-state index contributed by atoms with van der Waals surface area (Å²) < 4.78 is 5.47. The molecule has 2 aliphatic rings. The Hall–Kier alpha value is -1.05.